The number of amides is 1. The zero-order chi connectivity index (χ0) is 12.7. The van der Waals surface area contributed by atoms with E-state index >= 15 is 0 Å². The van der Waals surface area contributed by atoms with E-state index in [1.54, 1.807) is 6.07 Å². The lowest BCUT2D eigenvalue weighted by Crippen LogP contribution is -2.38. The SMILES string of the molecule is O=C(NC1CC2CCC1C2)c1ccc(I)c(Cl)c1. The quantitative estimate of drug-likeness (QED) is 0.781. The Morgan fingerprint density at radius 3 is 2.78 bits per heavy atom. The maximum atomic E-state index is 12.2. The minimum absolute atomic E-state index is 0.0193. The Kier molecular flexibility index (Phi) is 3.54. The van der Waals surface area contributed by atoms with Crippen LogP contribution in [-0.4, -0.2) is 11.9 Å². The molecule has 2 aliphatic carbocycles. The van der Waals surface area contributed by atoms with Gasteiger partial charge in [0, 0.05) is 15.2 Å². The van der Waals surface area contributed by atoms with Crippen molar-refractivity contribution in [1.29, 1.82) is 0 Å². The van der Waals surface area contributed by atoms with Gasteiger partial charge < -0.3 is 5.32 Å². The first-order chi connectivity index (χ1) is 8.63. The highest BCUT2D eigenvalue weighted by atomic mass is 127. The number of benzene rings is 1. The second-order valence-corrected chi connectivity index (χ2v) is 6.95. The first kappa shape index (κ1) is 12.7. The van der Waals surface area contributed by atoms with Gasteiger partial charge in [-0.25, -0.2) is 0 Å². The van der Waals surface area contributed by atoms with E-state index in [4.69, 9.17) is 11.6 Å². The van der Waals surface area contributed by atoms with Crippen LogP contribution in [0.4, 0.5) is 0 Å². The molecular formula is C14H15ClINO. The number of nitrogens with one attached hydrogen (secondary N) is 1. The summed E-state index contributed by atoms with van der Waals surface area (Å²) in [6, 6.07) is 5.87. The Bertz CT molecular complexity index is 491. The molecule has 0 radical (unpaired) electrons. The van der Waals surface area contributed by atoms with Gasteiger partial charge in [-0.3, -0.25) is 4.79 Å². The van der Waals surface area contributed by atoms with Crippen LogP contribution in [0.25, 0.3) is 0 Å². The van der Waals surface area contributed by atoms with Crippen LogP contribution >= 0.6 is 34.2 Å². The van der Waals surface area contributed by atoms with Crippen LogP contribution < -0.4 is 5.32 Å². The zero-order valence-corrected chi connectivity index (χ0v) is 12.9. The topological polar surface area (TPSA) is 29.1 Å². The number of halogens is 2. The van der Waals surface area contributed by atoms with E-state index in [1.165, 1.54) is 19.3 Å². The van der Waals surface area contributed by atoms with Crippen molar-refractivity contribution in [2.75, 3.05) is 0 Å². The number of fused-ring (bicyclic) bond motifs is 2. The van der Waals surface area contributed by atoms with Crippen LogP contribution in [0, 0.1) is 15.4 Å². The summed E-state index contributed by atoms with van der Waals surface area (Å²) in [5.74, 6) is 1.57. The van der Waals surface area contributed by atoms with Gasteiger partial charge in [0.2, 0.25) is 0 Å². The van der Waals surface area contributed by atoms with Gasteiger partial charge in [0.15, 0.2) is 0 Å². The molecule has 2 fully saturated rings. The highest BCUT2D eigenvalue weighted by molar-refractivity contribution is 14.1. The third kappa shape index (κ3) is 2.39. The molecule has 3 rings (SSSR count). The molecule has 0 aliphatic heterocycles. The van der Waals surface area contributed by atoms with Crippen molar-refractivity contribution >= 4 is 40.1 Å². The number of rotatable bonds is 2. The monoisotopic (exact) mass is 375 g/mol. The van der Waals surface area contributed by atoms with Gasteiger partial charge in [-0.1, -0.05) is 18.0 Å². The van der Waals surface area contributed by atoms with E-state index in [1.807, 2.05) is 12.1 Å². The van der Waals surface area contributed by atoms with Gasteiger partial charge >= 0.3 is 0 Å². The van der Waals surface area contributed by atoms with Crippen LogP contribution in [0.15, 0.2) is 18.2 Å². The average molecular weight is 376 g/mol. The molecule has 2 bridgehead atoms. The van der Waals surface area contributed by atoms with E-state index in [2.05, 4.69) is 27.9 Å². The van der Waals surface area contributed by atoms with Crippen molar-refractivity contribution in [3.05, 3.63) is 32.4 Å². The second kappa shape index (κ2) is 5.00. The van der Waals surface area contributed by atoms with Crippen LogP contribution in [0.1, 0.15) is 36.0 Å². The standard InChI is InChI=1S/C14H15ClINO/c15-11-7-10(3-4-12(11)16)14(18)17-13-6-8-1-2-9(13)5-8/h3-4,7-9,13H,1-2,5-6H2,(H,17,18). The summed E-state index contributed by atoms with van der Waals surface area (Å²) in [5, 5.41) is 3.82. The Balaban J connectivity index is 1.69. The molecule has 2 aliphatic rings. The number of carbonyl (C=O) groups excluding carboxylic acids is 1. The summed E-state index contributed by atoms with van der Waals surface area (Å²) < 4.78 is 0.978. The Labute approximate surface area is 126 Å². The van der Waals surface area contributed by atoms with Gasteiger partial charge in [-0.05, 0) is 71.9 Å². The molecular weight excluding hydrogens is 361 g/mol. The minimum atomic E-state index is 0.0193. The molecule has 0 aromatic heterocycles. The van der Waals surface area contributed by atoms with E-state index in [9.17, 15) is 4.79 Å². The van der Waals surface area contributed by atoms with Crippen LogP contribution in [0.5, 0.6) is 0 Å². The molecule has 3 atom stereocenters. The van der Waals surface area contributed by atoms with Crippen molar-refractivity contribution in [2.24, 2.45) is 11.8 Å². The van der Waals surface area contributed by atoms with Gasteiger partial charge in [-0.15, -0.1) is 0 Å². The lowest BCUT2D eigenvalue weighted by atomic mass is 9.95. The van der Waals surface area contributed by atoms with Gasteiger partial charge in [0.25, 0.3) is 5.91 Å². The summed E-state index contributed by atoms with van der Waals surface area (Å²) in [5.41, 5.74) is 0.670. The highest BCUT2D eigenvalue weighted by Crippen LogP contribution is 2.44. The second-order valence-electron chi connectivity index (χ2n) is 5.38. The first-order valence-corrected chi connectivity index (χ1v) is 7.85. The Morgan fingerprint density at radius 1 is 1.33 bits per heavy atom. The van der Waals surface area contributed by atoms with Crippen molar-refractivity contribution in [3.63, 3.8) is 0 Å². The molecule has 2 nitrogen and oxygen atoms in total. The van der Waals surface area contributed by atoms with E-state index in [0.29, 0.717) is 22.5 Å². The summed E-state index contributed by atoms with van der Waals surface area (Å²) in [7, 11) is 0. The zero-order valence-electron chi connectivity index (χ0n) is 9.96. The van der Waals surface area contributed by atoms with E-state index < -0.39 is 0 Å². The van der Waals surface area contributed by atoms with Crippen molar-refractivity contribution in [2.45, 2.75) is 31.7 Å². The fourth-order valence-electron chi connectivity index (χ4n) is 3.31. The van der Waals surface area contributed by atoms with Crippen molar-refractivity contribution in [3.8, 4) is 0 Å². The van der Waals surface area contributed by atoms with Crippen LogP contribution in [0.2, 0.25) is 5.02 Å². The first-order valence-electron chi connectivity index (χ1n) is 6.39. The molecule has 0 saturated heterocycles. The molecule has 1 aromatic rings. The lowest BCUT2D eigenvalue weighted by Gasteiger charge is -2.22. The largest absolute Gasteiger partial charge is 0.349 e. The van der Waals surface area contributed by atoms with Crippen molar-refractivity contribution in [1.82, 2.24) is 5.32 Å². The maximum absolute atomic E-state index is 12.2. The molecule has 1 amide bonds. The van der Waals surface area contributed by atoms with Gasteiger partial charge in [0.05, 0.1) is 5.02 Å². The summed E-state index contributed by atoms with van der Waals surface area (Å²) >= 11 is 8.22. The normalized spacial score (nSPS) is 29.6. The molecule has 3 unspecified atom stereocenters. The number of hydrogen-bond acceptors (Lipinski definition) is 1. The molecule has 18 heavy (non-hydrogen) atoms. The highest BCUT2D eigenvalue weighted by Gasteiger charge is 2.40. The molecule has 4 heteroatoms. The lowest BCUT2D eigenvalue weighted by molar-refractivity contribution is 0.0923. The third-order valence-corrected chi connectivity index (χ3v) is 5.81. The summed E-state index contributed by atoms with van der Waals surface area (Å²) in [4.78, 5) is 12.2. The minimum Gasteiger partial charge on any atom is -0.349 e. The fourth-order valence-corrected chi connectivity index (χ4v) is 3.83. The number of carbonyl (C=O) groups is 1. The van der Waals surface area contributed by atoms with Gasteiger partial charge in [-0.2, -0.15) is 0 Å². The van der Waals surface area contributed by atoms with E-state index in [-0.39, 0.29) is 5.91 Å². The number of hydrogen-bond donors (Lipinski definition) is 1. The third-order valence-electron chi connectivity index (χ3n) is 4.24. The molecule has 0 heterocycles. The average Bonchev–Trinajstić information content (AvgIpc) is 2.94. The Morgan fingerprint density at radius 2 is 2.17 bits per heavy atom. The molecule has 0 spiro atoms. The van der Waals surface area contributed by atoms with Gasteiger partial charge in [0.1, 0.15) is 0 Å². The molecule has 1 aromatic carbocycles. The molecule has 2 saturated carbocycles. The maximum Gasteiger partial charge on any atom is 0.251 e. The Hall–Kier alpha value is -0.290. The fraction of sp³-hybridized carbons (Fsp3) is 0.500. The molecule has 96 valence electrons. The summed E-state index contributed by atoms with van der Waals surface area (Å²) in [6.07, 6.45) is 5.10. The smallest absolute Gasteiger partial charge is 0.251 e. The summed E-state index contributed by atoms with van der Waals surface area (Å²) in [6.45, 7) is 0. The predicted molar refractivity (Wildman–Crippen MR) is 80.9 cm³/mol. The van der Waals surface area contributed by atoms with E-state index in [0.717, 1.165) is 15.9 Å². The molecule has 1 N–H and O–H groups in total. The predicted octanol–water partition coefficient (Wildman–Crippen LogP) is 3.86. The van der Waals surface area contributed by atoms with Crippen LogP contribution in [0.3, 0.4) is 0 Å². The van der Waals surface area contributed by atoms with Crippen molar-refractivity contribution < 1.29 is 4.79 Å². The van der Waals surface area contributed by atoms with Crippen LogP contribution in [-0.2, 0) is 0 Å².